The van der Waals surface area contributed by atoms with Gasteiger partial charge in [0, 0.05) is 5.69 Å². The largest absolute Gasteiger partial charge is 0.493 e. The zero-order valence-corrected chi connectivity index (χ0v) is 17.8. The van der Waals surface area contributed by atoms with E-state index in [2.05, 4.69) is 10.1 Å². The molecule has 0 aromatic heterocycles. The molecule has 156 valence electrons. The van der Waals surface area contributed by atoms with Crippen molar-refractivity contribution in [1.82, 2.24) is 0 Å². The molecule has 30 heavy (non-hydrogen) atoms. The number of aryl methyl sites for hydroxylation is 1. The molecule has 2 aromatic rings. The second-order valence-corrected chi connectivity index (χ2v) is 6.68. The van der Waals surface area contributed by atoms with Gasteiger partial charge in [0.1, 0.15) is 11.6 Å². The molecular formula is C22H21ClN2O5. The average Bonchev–Trinajstić information content (AvgIpc) is 2.73. The summed E-state index contributed by atoms with van der Waals surface area (Å²) in [6.45, 7) is 3.48. The molecule has 2 rings (SSSR count). The molecule has 2 aromatic carbocycles. The van der Waals surface area contributed by atoms with E-state index in [1.807, 2.05) is 32.0 Å². The number of carbonyl (C=O) groups excluding carboxylic acids is 2. The third kappa shape index (κ3) is 5.52. The van der Waals surface area contributed by atoms with Crippen molar-refractivity contribution in [3.8, 4) is 17.6 Å². The number of nitrogens with one attached hydrogen (secondary N) is 1. The number of esters is 1. The van der Waals surface area contributed by atoms with Crippen LogP contribution >= 0.6 is 11.6 Å². The molecule has 0 atom stereocenters. The van der Waals surface area contributed by atoms with Crippen molar-refractivity contribution in [2.75, 3.05) is 26.1 Å². The highest BCUT2D eigenvalue weighted by atomic mass is 35.5. The van der Waals surface area contributed by atoms with E-state index >= 15 is 0 Å². The van der Waals surface area contributed by atoms with E-state index in [9.17, 15) is 14.9 Å². The predicted octanol–water partition coefficient (Wildman–Crippen LogP) is 4.06. The smallest absolute Gasteiger partial charge is 0.343 e. The summed E-state index contributed by atoms with van der Waals surface area (Å²) in [4.78, 5) is 23.9. The second kappa shape index (κ2) is 10.3. The molecule has 0 saturated heterocycles. The molecule has 0 saturated carbocycles. The van der Waals surface area contributed by atoms with Crippen molar-refractivity contribution in [2.24, 2.45) is 0 Å². The molecular weight excluding hydrogens is 408 g/mol. The van der Waals surface area contributed by atoms with E-state index in [4.69, 9.17) is 21.1 Å². The Kier molecular flexibility index (Phi) is 7.84. The number of hydrogen-bond acceptors (Lipinski definition) is 6. The molecule has 0 aliphatic heterocycles. The first kappa shape index (κ1) is 22.8. The van der Waals surface area contributed by atoms with Crippen molar-refractivity contribution in [3.63, 3.8) is 0 Å². The predicted molar refractivity (Wildman–Crippen MR) is 114 cm³/mol. The molecule has 0 unspecified atom stereocenters. The number of benzene rings is 2. The standard InChI is InChI=1S/C22H21ClN2O5/c1-13-6-5-7-18(14(13)2)25-22(27)16(11-24)8-15-9-17(23)21(19(10-15)28-3)30-12-20(26)29-4/h5-10H,12H2,1-4H3,(H,25,27)/b16-8+. The van der Waals surface area contributed by atoms with Crippen molar-refractivity contribution in [2.45, 2.75) is 13.8 Å². The fourth-order valence-electron chi connectivity index (χ4n) is 2.54. The van der Waals surface area contributed by atoms with Gasteiger partial charge >= 0.3 is 5.97 Å². The van der Waals surface area contributed by atoms with Gasteiger partial charge in [-0.3, -0.25) is 4.79 Å². The van der Waals surface area contributed by atoms with Gasteiger partial charge in [-0.1, -0.05) is 23.7 Å². The van der Waals surface area contributed by atoms with Crippen LogP contribution in [0.5, 0.6) is 11.5 Å². The van der Waals surface area contributed by atoms with Crippen LogP contribution in [-0.4, -0.2) is 32.7 Å². The minimum Gasteiger partial charge on any atom is -0.493 e. The maximum atomic E-state index is 12.6. The summed E-state index contributed by atoms with van der Waals surface area (Å²) in [5.41, 5.74) is 2.91. The number of ether oxygens (including phenoxy) is 3. The molecule has 0 bridgehead atoms. The zero-order valence-electron chi connectivity index (χ0n) is 17.0. The maximum absolute atomic E-state index is 12.6. The summed E-state index contributed by atoms with van der Waals surface area (Å²) in [5.74, 6) is -0.732. The van der Waals surface area contributed by atoms with Crippen molar-refractivity contribution in [1.29, 1.82) is 5.26 Å². The van der Waals surface area contributed by atoms with Crippen LogP contribution in [-0.2, 0) is 14.3 Å². The quantitative estimate of drug-likeness (QED) is 0.405. The molecule has 0 spiro atoms. The number of anilines is 1. The number of carbonyl (C=O) groups is 2. The van der Waals surface area contributed by atoms with E-state index in [1.165, 1.54) is 26.4 Å². The summed E-state index contributed by atoms with van der Waals surface area (Å²) in [5, 5.41) is 12.4. The Morgan fingerprint density at radius 3 is 2.60 bits per heavy atom. The van der Waals surface area contributed by atoms with Crippen LogP contribution in [0.15, 0.2) is 35.9 Å². The van der Waals surface area contributed by atoms with Crippen molar-refractivity contribution >= 4 is 35.2 Å². The molecule has 0 aliphatic rings. The fraction of sp³-hybridized carbons (Fsp3) is 0.227. The summed E-state index contributed by atoms with van der Waals surface area (Å²) >= 11 is 6.24. The lowest BCUT2D eigenvalue weighted by molar-refractivity contribution is -0.142. The molecule has 7 nitrogen and oxygen atoms in total. The summed E-state index contributed by atoms with van der Waals surface area (Å²) in [6.07, 6.45) is 1.39. The zero-order chi connectivity index (χ0) is 22.3. The average molecular weight is 429 g/mol. The van der Waals surface area contributed by atoms with Crippen LogP contribution in [0.4, 0.5) is 5.69 Å². The Hall–Kier alpha value is -3.50. The Bertz CT molecular complexity index is 1040. The van der Waals surface area contributed by atoms with E-state index in [-0.39, 0.29) is 28.7 Å². The van der Waals surface area contributed by atoms with Gasteiger partial charge in [0.15, 0.2) is 18.1 Å². The number of nitriles is 1. The summed E-state index contributed by atoms with van der Waals surface area (Å²) in [6, 6.07) is 10.5. The number of rotatable bonds is 7. The minimum absolute atomic E-state index is 0.114. The third-order valence-electron chi connectivity index (χ3n) is 4.34. The fourth-order valence-corrected chi connectivity index (χ4v) is 2.82. The Labute approximate surface area is 179 Å². The monoisotopic (exact) mass is 428 g/mol. The topological polar surface area (TPSA) is 97.7 Å². The van der Waals surface area contributed by atoms with E-state index in [0.29, 0.717) is 11.3 Å². The van der Waals surface area contributed by atoms with Crippen LogP contribution in [0, 0.1) is 25.2 Å². The van der Waals surface area contributed by atoms with Crippen LogP contribution < -0.4 is 14.8 Å². The lowest BCUT2D eigenvalue weighted by Gasteiger charge is -2.13. The highest BCUT2D eigenvalue weighted by Crippen LogP contribution is 2.37. The molecule has 8 heteroatoms. The van der Waals surface area contributed by atoms with Gasteiger partial charge in [-0.25, -0.2) is 4.79 Å². The summed E-state index contributed by atoms with van der Waals surface area (Å²) in [7, 11) is 2.65. The van der Waals surface area contributed by atoms with E-state index < -0.39 is 11.9 Å². The van der Waals surface area contributed by atoms with Gasteiger partial charge in [-0.15, -0.1) is 0 Å². The van der Waals surface area contributed by atoms with Gasteiger partial charge in [0.05, 0.1) is 19.2 Å². The van der Waals surface area contributed by atoms with Gasteiger partial charge in [-0.05, 0) is 54.8 Å². The van der Waals surface area contributed by atoms with Gasteiger partial charge < -0.3 is 19.5 Å². The van der Waals surface area contributed by atoms with Crippen LogP contribution in [0.25, 0.3) is 6.08 Å². The molecule has 0 aliphatic carbocycles. The van der Waals surface area contributed by atoms with E-state index in [1.54, 1.807) is 12.1 Å². The Morgan fingerprint density at radius 1 is 1.23 bits per heavy atom. The van der Waals surface area contributed by atoms with Crippen molar-refractivity contribution in [3.05, 3.63) is 57.6 Å². The maximum Gasteiger partial charge on any atom is 0.343 e. The van der Waals surface area contributed by atoms with Crippen LogP contribution in [0.1, 0.15) is 16.7 Å². The molecule has 0 heterocycles. The number of halogens is 1. The van der Waals surface area contributed by atoms with Crippen LogP contribution in [0.2, 0.25) is 5.02 Å². The minimum atomic E-state index is -0.577. The molecule has 0 radical (unpaired) electrons. The molecule has 0 fully saturated rings. The van der Waals surface area contributed by atoms with Crippen molar-refractivity contribution < 1.29 is 23.8 Å². The van der Waals surface area contributed by atoms with Gasteiger partial charge in [-0.2, -0.15) is 5.26 Å². The number of amides is 1. The Balaban J connectivity index is 2.31. The SMILES string of the molecule is COC(=O)COc1c(Cl)cc(/C=C(\C#N)C(=O)Nc2cccc(C)c2C)cc1OC. The third-order valence-corrected chi connectivity index (χ3v) is 4.62. The lowest BCUT2D eigenvalue weighted by atomic mass is 10.1. The molecule has 1 amide bonds. The summed E-state index contributed by atoms with van der Waals surface area (Å²) < 4.78 is 15.1. The first-order valence-corrected chi connectivity index (χ1v) is 9.25. The van der Waals surface area contributed by atoms with E-state index in [0.717, 1.165) is 11.1 Å². The lowest BCUT2D eigenvalue weighted by Crippen LogP contribution is -2.14. The normalized spacial score (nSPS) is 10.7. The highest BCUT2D eigenvalue weighted by molar-refractivity contribution is 6.32. The van der Waals surface area contributed by atoms with Crippen LogP contribution in [0.3, 0.4) is 0 Å². The highest BCUT2D eigenvalue weighted by Gasteiger charge is 2.16. The number of hydrogen-bond donors (Lipinski definition) is 1. The number of nitrogens with zero attached hydrogens (tertiary/aromatic N) is 1. The first-order chi connectivity index (χ1) is 14.3. The Morgan fingerprint density at radius 2 is 1.97 bits per heavy atom. The number of methoxy groups -OCH3 is 2. The van der Waals surface area contributed by atoms with Gasteiger partial charge in [0.2, 0.25) is 0 Å². The molecule has 1 N–H and O–H groups in total. The second-order valence-electron chi connectivity index (χ2n) is 6.27. The van der Waals surface area contributed by atoms with Gasteiger partial charge in [0.25, 0.3) is 5.91 Å². The first-order valence-electron chi connectivity index (χ1n) is 8.87.